The quantitative estimate of drug-likeness (QED) is 0.714. The fourth-order valence-electron chi connectivity index (χ4n) is 1.69. The van der Waals surface area contributed by atoms with E-state index in [1.165, 1.54) is 11.8 Å². The molecule has 0 saturated carbocycles. The molecule has 0 spiro atoms. The van der Waals surface area contributed by atoms with Gasteiger partial charge in [-0.2, -0.15) is 0 Å². The zero-order valence-corrected chi connectivity index (χ0v) is 12.1. The molecule has 0 heterocycles. The fourth-order valence-corrected chi connectivity index (χ4v) is 2.31. The molecule has 0 amide bonds. The summed E-state index contributed by atoms with van der Waals surface area (Å²) in [6.07, 6.45) is 1.73. The smallest absolute Gasteiger partial charge is 0.338 e. The SMILES string of the molecule is COCC(CNc1cccc(SC)c1C(=O)O)OC. The largest absolute Gasteiger partial charge is 0.478 e. The molecular weight excluding hydrogens is 266 g/mol. The molecule has 1 rings (SSSR count). The average Bonchev–Trinajstić information content (AvgIpc) is 2.42. The summed E-state index contributed by atoms with van der Waals surface area (Å²) < 4.78 is 10.2. The number of aromatic carboxylic acids is 1. The Hall–Kier alpha value is -1.24. The summed E-state index contributed by atoms with van der Waals surface area (Å²) in [6, 6.07) is 5.38. The lowest BCUT2D eigenvalue weighted by Crippen LogP contribution is -2.27. The Bertz CT molecular complexity index is 425. The number of ether oxygens (including phenoxy) is 2. The molecule has 0 aliphatic heterocycles. The summed E-state index contributed by atoms with van der Waals surface area (Å²) in [5.74, 6) is -0.937. The van der Waals surface area contributed by atoms with Crippen molar-refractivity contribution in [3.8, 4) is 0 Å². The first-order valence-corrected chi connectivity index (χ1v) is 7.02. The third-order valence-electron chi connectivity index (χ3n) is 2.67. The second kappa shape index (κ2) is 8.04. The number of carboxylic acid groups (broad SMARTS) is 1. The summed E-state index contributed by atoms with van der Waals surface area (Å²) >= 11 is 1.41. The molecular formula is C13H19NO4S. The van der Waals surface area contributed by atoms with Crippen LogP contribution in [0.3, 0.4) is 0 Å². The number of rotatable bonds is 8. The van der Waals surface area contributed by atoms with Crippen LogP contribution in [-0.2, 0) is 9.47 Å². The fraction of sp³-hybridized carbons (Fsp3) is 0.462. The van der Waals surface area contributed by atoms with E-state index in [-0.39, 0.29) is 6.10 Å². The van der Waals surface area contributed by atoms with Crippen LogP contribution in [-0.4, -0.2) is 50.8 Å². The second-order valence-corrected chi connectivity index (χ2v) is 4.73. The van der Waals surface area contributed by atoms with Crippen LogP contribution in [0.5, 0.6) is 0 Å². The van der Waals surface area contributed by atoms with Gasteiger partial charge in [0.05, 0.1) is 18.3 Å². The molecule has 5 nitrogen and oxygen atoms in total. The van der Waals surface area contributed by atoms with Gasteiger partial charge in [0.2, 0.25) is 0 Å². The minimum absolute atomic E-state index is 0.121. The van der Waals surface area contributed by atoms with Crippen molar-refractivity contribution in [3.63, 3.8) is 0 Å². The number of carbonyl (C=O) groups is 1. The maximum atomic E-state index is 11.3. The third kappa shape index (κ3) is 4.41. The highest BCUT2D eigenvalue weighted by atomic mass is 32.2. The van der Waals surface area contributed by atoms with Gasteiger partial charge < -0.3 is 19.9 Å². The Morgan fingerprint density at radius 3 is 2.74 bits per heavy atom. The summed E-state index contributed by atoms with van der Waals surface area (Å²) in [4.78, 5) is 12.1. The van der Waals surface area contributed by atoms with E-state index in [4.69, 9.17) is 9.47 Å². The lowest BCUT2D eigenvalue weighted by molar-refractivity contribution is 0.0365. The first-order chi connectivity index (χ1) is 9.13. The number of thioether (sulfide) groups is 1. The molecule has 0 saturated heterocycles. The minimum atomic E-state index is -0.937. The van der Waals surface area contributed by atoms with Crippen molar-refractivity contribution in [2.24, 2.45) is 0 Å². The van der Waals surface area contributed by atoms with Gasteiger partial charge in [0.1, 0.15) is 0 Å². The molecule has 1 unspecified atom stereocenters. The predicted octanol–water partition coefficient (Wildman–Crippen LogP) is 2.18. The molecule has 1 aromatic rings. The number of hydrogen-bond acceptors (Lipinski definition) is 5. The van der Waals surface area contributed by atoms with Crippen LogP contribution in [0, 0.1) is 0 Å². The second-order valence-electron chi connectivity index (χ2n) is 3.88. The standard InChI is InChI=1S/C13H19NO4S/c1-17-8-9(18-2)7-14-10-5-4-6-11(19-3)12(10)13(15)16/h4-6,9,14H,7-8H2,1-3H3,(H,15,16). The monoisotopic (exact) mass is 285 g/mol. The van der Waals surface area contributed by atoms with Crippen LogP contribution < -0.4 is 5.32 Å². The van der Waals surface area contributed by atoms with E-state index in [0.717, 1.165) is 4.90 Å². The lowest BCUT2D eigenvalue weighted by atomic mass is 10.1. The maximum Gasteiger partial charge on any atom is 0.338 e. The molecule has 2 N–H and O–H groups in total. The van der Waals surface area contributed by atoms with Gasteiger partial charge in [0.15, 0.2) is 0 Å². The highest BCUT2D eigenvalue weighted by Gasteiger charge is 2.16. The third-order valence-corrected chi connectivity index (χ3v) is 3.45. The van der Waals surface area contributed by atoms with E-state index in [0.29, 0.717) is 24.4 Å². The number of anilines is 1. The Kier molecular flexibility index (Phi) is 6.69. The number of methoxy groups -OCH3 is 2. The number of nitrogens with one attached hydrogen (secondary N) is 1. The molecule has 0 aliphatic rings. The predicted molar refractivity (Wildman–Crippen MR) is 76.3 cm³/mol. The molecule has 0 radical (unpaired) electrons. The molecule has 0 aliphatic carbocycles. The minimum Gasteiger partial charge on any atom is -0.478 e. The summed E-state index contributed by atoms with van der Waals surface area (Å²) in [6.45, 7) is 0.941. The Morgan fingerprint density at radius 2 is 2.21 bits per heavy atom. The van der Waals surface area contributed by atoms with E-state index >= 15 is 0 Å². The molecule has 6 heteroatoms. The Balaban J connectivity index is 2.85. The van der Waals surface area contributed by atoms with E-state index in [9.17, 15) is 9.90 Å². The van der Waals surface area contributed by atoms with Crippen molar-refractivity contribution in [3.05, 3.63) is 23.8 Å². The van der Waals surface area contributed by atoms with Gasteiger partial charge in [-0.25, -0.2) is 4.79 Å². The van der Waals surface area contributed by atoms with Gasteiger partial charge in [-0.1, -0.05) is 6.07 Å². The van der Waals surface area contributed by atoms with E-state index in [1.54, 1.807) is 26.4 Å². The first-order valence-electron chi connectivity index (χ1n) is 5.80. The van der Waals surface area contributed by atoms with Gasteiger partial charge in [-0.3, -0.25) is 0 Å². The normalized spacial score (nSPS) is 12.2. The van der Waals surface area contributed by atoms with E-state index < -0.39 is 5.97 Å². The highest BCUT2D eigenvalue weighted by Crippen LogP contribution is 2.27. The Labute approximate surface area is 117 Å². The van der Waals surface area contributed by atoms with Gasteiger partial charge in [0, 0.05) is 31.3 Å². The van der Waals surface area contributed by atoms with Crippen molar-refractivity contribution in [2.45, 2.75) is 11.0 Å². The molecule has 1 atom stereocenters. The van der Waals surface area contributed by atoms with Crippen LogP contribution in [0.4, 0.5) is 5.69 Å². The number of benzene rings is 1. The van der Waals surface area contributed by atoms with Crippen molar-refractivity contribution < 1.29 is 19.4 Å². The topological polar surface area (TPSA) is 67.8 Å². The van der Waals surface area contributed by atoms with Crippen LogP contribution in [0.2, 0.25) is 0 Å². The molecule has 19 heavy (non-hydrogen) atoms. The molecule has 0 fully saturated rings. The van der Waals surface area contributed by atoms with Crippen LogP contribution >= 0.6 is 11.8 Å². The van der Waals surface area contributed by atoms with Gasteiger partial charge in [-0.15, -0.1) is 11.8 Å². The molecule has 0 bridgehead atoms. The van der Waals surface area contributed by atoms with Crippen molar-refractivity contribution >= 4 is 23.4 Å². The zero-order chi connectivity index (χ0) is 14.3. The molecule has 0 aromatic heterocycles. The van der Waals surface area contributed by atoms with Crippen molar-refractivity contribution in [1.82, 2.24) is 0 Å². The van der Waals surface area contributed by atoms with Crippen molar-refractivity contribution in [2.75, 3.05) is 38.9 Å². The Morgan fingerprint density at radius 1 is 1.47 bits per heavy atom. The van der Waals surface area contributed by atoms with E-state index in [1.807, 2.05) is 12.3 Å². The summed E-state index contributed by atoms with van der Waals surface area (Å²) in [5.41, 5.74) is 0.889. The van der Waals surface area contributed by atoms with Crippen LogP contribution in [0.15, 0.2) is 23.1 Å². The van der Waals surface area contributed by atoms with E-state index in [2.05, 4.69) is 5.32 Å². The zero-order valence-electron chi connectivity index (χ0n) is 11.3. The van der Waals surface area contributed by atoms with Gasteiger partial charge >= 0.3 is 5.97 Å². The van der Waals surface area contributed by atoms with Gasteiger partial charge in [0.25, 0.3) is 0 Å². The molecule has 106 valence electrons. The number of hydrogen-bond donors (Lipinski definition) is 2. The lowest BCUT2D eigenvalue weighted by Gasteiger charge is -2.17. The average molecular weight is 285 g/mol. The highest BCUT2D eigenvalue weighted by molar-refractivity contribution is 7.98. The van der Waals surface area contributed by atoms with Crippen LogP contribution in [0.1, 0.15) is 10.4 Å². The number of carboxylic acids is 1. The van der Waals surface area contributed by atoms with Gasteiger partial charge in [-0.05, 0) is 18.4 Å². The van der Waals surface area contributed by atoms with Crippen LogP contribution in [0.25, 0.3) is 0 Å². The molecule has 1 aromatic carbocycles. The first kappa shape index (κ1) is 15.8. The summed E-state index contributed by atoms with van der Waals surface area (Å²) in [5, 5.41) is 12.4. The van der Waals surface area contributed by atoms with Crippen molar-refractivity contribution in [1.29, 1.82) is 0 Å². The maximum absolute atomic E-state index is 11.3. The summed E-state index contributed by atoms with van der Waals surface area (Å²) in [7, 11) is 3.20.